The van der Waals surface area contributed by atoms with Crippen molar-refractivity contribution in [1.82, 2.24) is 0 Å². The first kappa shape index (κ1) is 41.9. The van der Waals surface area contributed by atoms with Crippen molar-refractivity contribution < 1.29 is 22.9 Å². The van der Waals surface area contributed by atoms with Gasteiger partial charge in [-0.25, -0.2) is 4.57 Å². The Hall–Kier alpha value is -0.870. The van der Waals surface area contributed by atoms with E-state index < -0.39 is 7.82 Å². The van der Waals surface area contributed by atoms with E-state index in [9.17, 15) is 4.57 Å². The first-order chi connectivity index (χ1) is 24.4. The predicted molar refractivity (Wildman–Crippen MR) is 210 cm³/mol. The molecule has 6 heteroatoms. The molecule has 1 aromatic rings. The number of ether oxygens (including phenoxy) is 1. The molecular formula is C44H77O5P. The van der Waals surface area contributed by atoms with Crippen molar-refractivity contribution in [3.05, 3.63) is 29.3 Å². The molecule has 3 aliphatic carbocycles. The lowest BCUT2D eigenvalue weighted by Crippen LogP contribution is -2.44. The molecule has 2 fully saturated rings. The maximum absolute atomic E-state index is 14.1. The van der Waals surface area contributed by atoms with Gasteiger partial charge in [0.25, 0.3) is 0 Å². The summed E-state index contributed by atoms with van der Waals surface area (Å²) in [6.07, 6.45) is 32.8. The largest absolute Gasteiger partial charge is 0.530 e. The van der Waals surface area contributed by atoms with Crippen LogP contribution in [0, 0.1) is 17.3 Å². The van der Waals surface area contributed by atoms with Crippen LogP contribution in [0.2, 0.25) is 0 Å². The minimum Gasteiger partial charge on any atom is -0.404 e. The van der Waals surface area contributed by atoms with Crippen LogP contribution in [0.1, 0.15) is 205 Å². The van der Waals surface area contributed by atoms with E-state index in [1.807, 2.05) is 6.07 Å². The van der Waals surface area contributed by atoms with Gasteiger partial charge in [-0.05, 0) is 105 Å². The fourth-order valence-corrected chi connectivity index (χ4v) is 11.1. The van der Waals surface area contributed by atoms with Gasteiger partial charge in [0.15, 0.2) is 0 Å². The molecule has 5 atom stereocenters. The number of benzene rings is 1. The molecule has 288 valence electrons. The summed E-state index contributed by atoms with van der Waals surface area (Å²) in [5.41, 5.74) is 3.17. The number of fused-ring (bicyclic) bond motifs is 5. The Morgan fingerprint density at radius 1 is 0.680 bits per heavy atom. The van der Waals surface area contributed by atoms with Gasteiger partial charge in [-0.3, -0.25) is 9.05 Å². The average molecular weight is 717 g/mol. The van der Waals surface area contributed by atoms with E-state index in [4.69, 9.17) is 18.3 Å². The standard InChI is InChI=1S/C44H77O5P/c1-5-8-10-12-14-16-18-20-22-24-34-47-50(45,48-35-25-23-21-19-17-15-13-11-9-6-2)49-38-27-29-39-37(36-38)26-28-41-40(39)32-33-44(4)42(41)30-31-43(44)46-7-3/h27,29,36,40-43H,5-26,28,30-35H2,1-4H3. The van der Waals surface area contributed by atoms with Crippen LogP contribution in [0.5, 0.6) is 5.75 Å². The maximum Gasteiger partial charge on any atom is 0.530 e. The quantitative estimate of drug-likeness (QED) is 0.0638. The predicted octanol–water partition coefficient (Wildman–Crippen LogP) is 14.3. The molecule has 5 unspecified atom stereocenters. The summed E-state index contributed by atoms with van der Waals surface area (Å²) in [5.74, 6) is 2.73. The molecule has 3 aliphatic rings. The molecule has 1 aromatic carbocycles. The van der Waals surface area contributed by atoms with Gasteiger partial charge >= 0.3 is 7.82 Å². The minimum atomic E-state index is -3.71. The first-order valence-corrected chi connectivity index (χ1v) is 23.2. The number of phosphoric acid groups is 1. The van der Waals surface area contributed by atoms with Gasteiger partial charge in [-0.1, -0.05) is 142 Å². The zero-order valence-corrected chi connectivity index (χ0v) is 33.9. The Morgan fingerprint density at radius 2 is 1.22 bits per heavy atom. The summed E-state index contributed by atoms with van der Waals surface area (Å²) in [7, 11) is -3.71. The van der Waals surface area contributed by atoms with Crippen LogP contribution in [0.15, 0.2) is 18.2 Å². The lowest BCUT2D eigenvalue weighted by molar-refractivity contribution is -0.0600. The normalized spacial score (nSPS) is 24.6. The molecule has 50 heavy (non-hydrogen) atoms. The molecule has 0 aliphatic heterocycles. The van der Waals surface area contributed by atoms with Crippen LogP contribution < -0.4 is 4.52 Å². The lowest BCUT2D eigenvalue weighted by Gasteiger charge is -2.50. The number of unbranched alkanes of at least 4 members (excludes halogenated alkanes) is 18. The van der Waals surface area contributed by atoms with E-state index in [0.29, 0.717) is 36.4 Å². The molecule has 5 nitrogen and oxygen atoms in total. The van der Waals surface area contributed by atoms with Crippen LogP contribution in [0.4, 0.5) is 0 Å². The number of hydrogen-bond donors (Lipinski definition) is 0. The third-order valence-electron chi connectivity index (χ3n) is 12.7. The smallest absolute Gasteiger partial charge is 0.404 e. The zero-order valence-electron chi connectivity index (χ0n) is 33.0. The average Bonchev–Trinajstić information content (AvgIpc) is 3.45. The molecular weight excluding hydrogens is 639 g/mol. The lowest BCUT2D eigenvalue weighted by atomic mass is 9.55. The number of rotatable bonds is 28. The highest BCUT2D eigenvalue weighted by Crippen LogP contribution is 2.62. The van der Waals surface area contributed by atoms with E-state index in [0.717, 1.165) is 50.5 Å². The van der Waals surface area contributed by atoms with E-state index in [-0.39, 0.29) is 0 Å². The molecule has 0 heterocycles. The van der Waals surface area contributed by atoms with E-state index in [1.54, 1.807) is 0 Å². The minimum absolute atomic E-state index is 0.321. The fourth-order valence-electron chi connectivity index (χ4n) is 9.79. The van der Waals surface area contributed by atoms with Crippen molar-refractivity contribution >= 4 is 7.82 Å². The van der Waals surface area contributed by atoms with Crippen molar-refractivity contribution in [2.75, 3.05) is 19.8 Å². The van der Waals surface area contributed by atoms with Gasteiger partial charge in [0.2, 0.25) is 0 Å². The maximum atomic E-state index is 14.1. The molecule has 0 N–H and O–H groups in total. The Bertz CT molecular complexity index is 1080. The summed E-state index contributed by atoms with van der Waals surface area (Å²) < 4.78 is 38.6. The molecule has 0 spiro atoms. The summed E-state index contributed by atoms with van der Waals surface area (Å²) in [5, 5.41) is 0. The van der Waals surface area contributed by atoms with E-state index in [1.165, 1.54) is 146 Å². The van der Waals surface area contributed by atoms with Crippen molar-refractivity contribution in [3.8, 4) is 5.75 Å². The number of aryl methyl sites for hydroxylation is 1. The molecule has 0 amide bonds. The van der Waals surface area contributed by atoms with Crippen molar-refractivity contribution in [1.29, 1.82) is 0 Å². The van der Waals surface area contributed by atoms with Crippen molar-refractivity contribution in [2.24, 2.45) is 17.3 Å². The van der Waals surface area contributed by atoms with Crippen molar-refractivity contribution in [3.63, 3.8) is 0 Å². The summed E-state index contributed by atoms with van der Waals surface area (Å²) >= 11 is 0. The molecule has 2 saturated carbocycles. The van der Waals surface area contributed by atoms with E-state index in [2.05, 4.69) is 39.8 Å². The molecule has 0 saturated heterocycles. The Morgan fingerprint density at radius 3 is 1.76 bits per heavy atom. The molecule has 0 aromatic heterocycles. The highest BCUT2D eigenvalue weighted by Gasteiger charge is 2.55. The zero-order chi connectivity index (χ0) is 35.5. The Balaban J connectivity index is 1.27. The van der Waals surface area contributed by atoms with Crippen LogP contribution in [0.25, 0.3) is 0 Å². The van der Waals surface area contributed by atoms with Crippen LogP contribution in [0.3, 0.4) is 0 Å². The second kappa shape index (κ2) is 23.0. The Labute approximate surface area is 308 Å². The van der Waals surface area contributed by atoms with Crippen LogP contribution >= 0.6 is 7.82 Å². The highest BCUT2D eigenvalue weighted by molar-refractivity contribution is 7.48. The SMILES string of the molecule is CCCCCCCCCCCCOP(=O)(OCCCCCCCCCCCC)Oc1ccc2c(c1)CCC1C2CCC2(C)C(OCC)CCC12. The second-order valence-corrected chi connectivity index (χ2v) is 18.0. The topological polar surface area (TPSA) is 54.0 Å². The Kier molecular flexibility index (Phi) is 19.3. The van der Waals surface area contributed by atoms with Crippen molar-refractivity contribution in [2.45, 2.75) is 207 Å². The van der Waals surface area contributed by atoms with Gasteiger partial charge in [0.05, 0.1) is 19.3 Å². The first-order valence-electron chi connectivity index (χ1n) is 21.8. The third kappa shape index (κ3) is 12.9. The van der Waals surface area contributed by atoms with Gasteiger partial charge in [0.1, 0.15) is 5.75 Å². The summed E-state index contributed by atoms with van der Waals surface area (Å²) in [4.78, 5) is 0. The van der Waals surface area contributed by atoms with Gasteiger partial charge in [-0.2, -0.15) is 0 Å². The van der Waals surface area contributed by atoms with Gasteiger partial charge < -0.3 is 9.26 Å². The third-order valence-corrected chi connectivity index (χ3v) is 14.1. The van der Waals surface area contributed by atoms with E-state index >= 15 is 0 Å². The molecule has 0 bridgehead atoms. The fraction of sp³-hybridized carbons (Fsp3) is 0.864. The van der Waals surface area contributed by atoms with Crippen LogP contribution in [-0.4, -0.2) is 25.9 Å². The van der Waals surface area contributed by atoms with Gasteiger partial charge in [-0.15, -0.1) is 0 Å². The van der Waals surface area contributed by atoms with Crippen LogP contribution in [-0.2, 0) is 24.8 Å². The number of hydrogen-bond acceptors (Lipinski definition) is 5. The summed E-state index contributed by atoms with van der Waals surface area (Å²) in [6.45, 7) is 10.9. The van der Waals surface area contributed by atoms with Gasteiger partial charge in [0, 0.05) is 6.61 Å². The second-order valence-electron chi connectivity index (χ2n) is 16.4. The highest BCUT2D eigenvalue weighted by atomic mass is 31.2. The number of phosphoric ester groups is 1. The summed E-state index contributed by atoms with van der Waals surface area (Å²) in [6, 6.07) is 6.46. The monoisotopic (exact) mass is 717 g/mol. The molecule has 4 rings (SSSR count). The molecule has 0 radical (unpaired) electrons.